The van der Waals surface area contributed by atoms with E-state index in [1.54, 1.807) is 12.1 Å². The van der Waals surface area contributed by atoms with Crippen molar-refractivity contribution in [1.29, 1.82) is 0 Å². The summed E-state index contributed by atoms with van der Waals surface area (Å²) < 4.78 is 21.2. The Labute approximate surface area is 177 Å². The molecule has 0 saturated carbocycles. The van der Waals surface area contributed by atoms with Gasteiger partial charge in [0.05, 0.1) is 24.6 Å². The number of rotatable bonds is 3. The summed E-state index contributed by atoms with van der Waals surface area (Å²) in [6, 6.07) is 14.9. The fourth-order valence-corrected chi connectivity index (χ4v) is 4.25. The number of aromatic nitrogens is 4. The van der Waals surface area contributed by atoms with Crippen LogP contribution >= 0.6 is 0 Å². The number of fused-ring (bicyclic) bond motifs is 2. The van der Waals surface area contributed by atoms with E-state index in [0.717, 1.165) is 58.0 Å². The molecule has 0 radical (unpaired) electrons. The fraction of sp³-hybridized carbons (Fsp3) is 0.167. The molecule has 6 rings (SSSR count). The lowest BCUT2D eigenvalue weighted by molar-refractivity contribution is 0.122. The van der Waals surface area contributed by atoms with Crippen molar-refractivity contribution in [3.05, 3.63) is 72.9 Å². The van der Waals surface area contributed by atoms with Crippen LogP contribution < -0.4 is 4.90 Å². The number of aromatic amines is 1. The average molecular weight is 413 g/mol. The molecule has 154 valence electrons. The molecule has 0 aliphatic carbocycles. The second kappa shape index (κ2) is 7.21. The molecule has 0 unspecified atom stereocenters. The van der Waals surface area contributed by atoms with Crippen LogP contribution in [0.25, 0.3) is 39.1 Å². The van der Waals surface area contributed by atoms with Crippen LogP contribution in [0.1, 0.15) is 0 Å². The Bertz CT molecular complexity index is 1380. The first-order valence-electron chi connectivity index (χ1n) is 10.3. The molecule has 31 heavy (non-hydrogen) atoms. The largest absolute Gasteiger partial charge is 0.378 e. The molecule has 1 saturated heterocycles. The van der Waals surface area contributed by atoms with Crippen molar-refractivity contribution in [2.45, 2.75) is 0 Å². The van der Waals surface area contributed by atoms with Crippen LogP contribution in [0.5, 0.6) is 0 Å². The van der Waals surface area contributed by atoms with E-state index in [9.17, 15) is 4.39 Å². The summed E-state index contributed by atoms with van der Waals surface area (Å²) in [7, 11) is 0. The lowest BCUT2D eigenvalue weighted by Gasteiger charge is -2.27. The summed E-state index contributed by atoms with van der Waals surface area (Å²) >= 11 is 0. The molecule has 0 atom stereocenters. The molecule has 0 bridgehead atoms. The number of benzene rings is 2. The summed E-state index contributed by atoms with van der Waals surface area (Å²) in [5.41, 5.74) is 5.53. The van der Waals surface area contributed by atoms with E-state index >= 15 is 0 Å². The first-order chi connectivity index (χ1) is 15.3. The van der Waals surface area contributed by atoms with Crippen molar-refractivity contribution in [2.75, 3.05) is 31.2 Å². The third-order valence-electron chi connectivity index (χ3n) is 5.78. The number of morpholine rings is 1. The monoisotopic (exact) mass is 413 g/mol. The van der Waals surface area contributed by atoms with Crippen molar-refractivity contribution in [1.82, 2.24) is 19.4 Å². The Morgan fingerprint density at radius 1 is 0.968 bits per heavy atom. The van der Waals surface area contributed by atoms with Crippen LogP contribution in [-0.2, 0) is 4.74 Å². The van der Waals surface area contributed by atoms with Gasteiger partial charge >= 0.3 is 0 Å². The summed E-state index contributed by atoms with van der Waals surface area (Å²) in [5, 5.41) is 1.12. The number of H-pyrrole nitrogens is 1. The summed E-state index contributed by atoms with van der Waals surface area (Å²) in [5.74, 6) is 0.571. The normalized spacial score (nSPS) is 14.5. The predicted octanol–water partition coefficient (Wildman–Crippen LogP) is 4.52. The van der Waals surface area contributed by atoms with Crippen molar-refractivity contribution >= 4 is 22.4 Å². The molecule has 4 heterocycles. The van der Waals surface area contributed by atoms with E-state index in [0.29, 0.717) is 13.2 Å². The molecule has 1 aliphatic heterocycles. The standard InChI is InChI=1S/C24H20FN5O/c25-19-4-1-16(2-5-19)21-22(18-3-6-20-17(15-18)7-8-26-20)30-10-9-27-23(24(30)28-21)29-11-13-31-14-12-29/h1-10,15,26H,11-14H2. The zero-order chi connectivity index (χ0) is 20.8. The molecule has 2 aromatic carbocycles. The van der Waals surface area contributed by atoms with Gasteiger partial charge in [0.15, 0.2) is 11.5 Å². The molecular weight excluding hydrogens is 393 g/mol. The number of hydrogen-bond acceptors (Lipinski definition) is 4. The van der Waals surface area contributed by atoms with Crippen molar-refractivity contribution in [3.63, 3.8) is 0 Å². The van der Waals surface area contributed by atoms with Gasteiger partial charge < -0.3 is 14.6 Å². The van der Waals surface area contributed by atoms with Crippen LogP contribution in [0.4, 0.5) is 10.2 Å². The number of nitrogens with zero attached hydrogens (tertiary/aromatic N) is 4. The molecule has 1 fully saturated rings. The number of halogens is 1. The third kappa shape index (κ3) is 3.05. The first kappa shape index (κ1) is 18.1. The lowest BCUT2D eigenvalue weighted by atomic mass is 10.0. The molecular formula is C24H20FN5O. The molecule has 1 N–H and O–H groups in total. The topological polar surface area (TPSA) is 58.4 Å². The highest BCUT2D eigenvalue weighted by Crippen LogP contribution is 2.36. The Kier molecular flexibility index (Phi) is 4.21. The first-order valence-corrected chi connectivity index (χ1v) is 10.3. The second-order valence-electron chi connectivity index (χ2n) is 7.64. The Balaban J connectivity index is 1.62. The predicted molar refractivity (Wildman–Crippen MR) is 119 cm³/mol. The van der Waals surface area contributed by atoms with E-state index < -0.39 is 0 Å². The van der Waals surface area contributed by atoms with E-state index in [4.69, 9.17) is 9.72 Å². The summed E-state index contributed by atoms with van der Waals surface area (Å²) in [6.07, 6.45) is 5.69. The lowest BCUT2D eigenvalue weighted by Crippen LogP contribution is -2.37. The van der Waals surface area contributed by atoms with Crippen LogP contribution in [0.2, 0.25) is 0 Å². The minimum atomic E-state index is -0.265. The van der Waals surface area contributed by atoms with Gasteiger partial charge in [-0.2, -0.15) is 0 Å². The minimum Gasteiger partial charge on any atom is -0.378 e. The smallest absolute Gasteiger partial charge is 0.181 e. The zero-order valence-electron chi connectivity index (χ0n) is 16.8. The zero-order valence-corrected chi connectivity index (χ0v) is 16.8. The highest BCUT2D eigenvalue weighted by molar-refractivity contribution is 5.90. The summed E-state index contributed by atoms with van der Waals surface area (Å²) in [4.78, 5) is 15.1. The maximum absolute atomic E-state index is 13.6. The second-order valence-corrected chi connectivity index (χ2v) is 7.64. The van der Waals surface area contributed by atoms with E-state index in [2.05, 4.69) is 43.5 Å². The molecule has 0 amide bonds. The van der Waals surface area contributed by atoms with E-state index in [1.807, 2.05) is 18.6 Å². The van der Waals surface area contributed by atoms with Gasteiger partial charge in [-0.25, -0.2) is 14.4 Å². The van der Waals surface area contributed by atoms with Gasteiger partial charge in [-0.3, -0.25) is 4.40 Å². The Morgan fingerprint density at radius 3 is 2.61 bits per heavy atom. The molecule has 5 aromatic rings. The van der Waals surface area contributed by atoms with Crippen LogP contribution in [0.3, 0.4) is 0 Å². The number of ether oxygens (including phenoxy) is 1. The maximum atomic E-state index is 13.6. The van der Waals surface area contributed by atoms with Gasteiger partial charge in [0.2, 0.25) is 0 Å². The van der Waals surface area contributed by atoms with Crippen LogP contribution in [-0.4, -0.2) is 45.7 Å². The summed E-state index contributed by atoms with van der Waals surface area (Å²) in [6.45, 7) is 2.89. The maximum Gasteiger partial charge on any atom is 0.181 e. The van der Waals surface area contributed by atoms with Gasteiger partial charge in [-0.15, -0.1) is 0 Å². The molecule has 3 aromatic heterocycles. The van der Waals surface area contributed by atoms with Crippen LogP contribution in [0, 0.1) is 5.82 Å². The highest BCUT2D eigenvalue weighted by atomic mass is 19.1. The van der Waals surface area contributed by atoms with Crippen molar-refractivity contribution < 1.29 is 9.13 Å². The quantitative estimate of drug-likeness (QED) is 0.473. The van der Waals surface area contributed by atoms with Gasteiger partial charge in [-0.05, 0) is 42.5 Å². The minimum absolute atomic E-state index is 0.265. The van der Waals surface area contributed by atoms with Crippen molar-refractivity contribution in [3.8, 4) is 22.5 Å². The number of anilines is 1. The molecule has 0 spiro atoms. The van der Waals surface area contributed by atoms with Crippen molar-refractivity contribution in [2.24, 2.45) is 0 Å². The SMILES string of the molecule is Fc1ccc(-c2nc3c(N4CCOCC4)nccn3c2-c2ccc3[nH]ccc3c2)cc1. The number of hydrogen-bond donors (Lipinski definition) is 1. The Hall–Kier alpha value is -3.71. The molecule has 6 nitrogen and oxygen atoms in total. The van der Waals surface area contributed by atoms with Gasteiger partial charge in [-0.1, -0.05) is 6.07 Å². The Morgan fingerprint density at radius 2 is 1.77 bits per heavy atom. The van der Waals surface area contributed by atoms with Crippen LogP contribution in [0.15, 0.2) is 67.1 Å². The average Bonchev–Trinajstić information content (AvgIpc) is 3.44. The third-order valence-corrected chi connectivity index (χ3v) is 5.78. The van der Waals surface area contributed by atoms with Gasteiger partial charge in [0, 0.05) is 53.7 Å². The van der Waals surface area contributed by atoms with Gasteiger partial charge in [0.25, 0.3) is 0 Å². The molecule has 7 heteroatoms. The number of imidazole rings is 1. The highest BCUT2D eigenvalue weighted by Gasteiger charge is 2.22. The fourth-order valence-electron chi connectivity index (χ4n) is 4.25. The van der Waals surface area contributed by atoms with E-state index in [1.165, 1.54) is 12.1 Å². The van der Waals surface area contributed by atoms with E-state index in [-0.39, 0.29) is 5.82 Å². The number of nitrogens with one attached hydrogen (secondary N) is 1. The van der Waals surface area contributed by atoms with Gasteiger partial charge in [0.1, 0.15) is 5.82 Å². The molecule has 1 aliphatic rings.